The van der Waals surface area contributed by atoms with Crippen molar-refractivity contribution in [2.75, 3.05) is 36.7 Å². The zero-order valence-corrected chi connectivity index (χ0v) is 18.8. The Hall–Kier alpha value is -2.59. The Morgan fingerprint density at radius 2 is 1.62 bits per heavy atom. The van der Waals surface area contributed by atoms with Crippen molar-refractivity contribution in [3.63, 3.8) is 0 Å². The van der Waals surface area contributed by atoms with Crippen LogP contribution in [0.2, 0.25) is 0 Å². The Bertz CT molecular complexity index is 1070. The van der Waals surface area contributed by atoms with Crippen molar-refractivity contribution in [1.82, 2.24) is 9.80 Å². The van der Waals surface area contributed by atoms with E-state index < -0.39 is 33.5 Å². The molecule has 1 fully saturated rings. The molecule has 1 amide bonds. The maximum atomic E-state index is 14.1. The molecular weight excluding hydrogens is 443 g/mol. The Labute approximate surface area is 186 Å². The van der Waals surface area contributed by atoms with Crippen LogP contribution in [0.4, 0.5) is 18.9 Å². The largest absolute Gasteiger partial charge is 0.336 e. The minimum atomic E-state index is -3.41. The second-order valence-electron chi connectivity index (χ2n) is 7.77. The van der Waals surface area contributed by atoms with Gasteiger partial charge in [0, 0.05) is 49.0 Å². The van der Waals surface area contributed by atoms with E-state index in [1.807, 2.05) is 4.90 Å². The van der Waals surface area contributed by atoms with Gasteiger partial charge in [0.25, 0.3) is 5.91 Å². The maximum absolute atomic E-state index is 14.1. The summed E-state index contributed by atoms with van der Waals surface area (Å²) >= 11 is 0. The lowest BCUT2D eigenvalue weighted by Crippen LogP contribution is -2.49. The molecule has 1 N–H and O–H groups in total. The van der Waals surface area contributed by atoms with Crippen molar-refractivity contribution in [2.45, 2.75) is 26.3 Å². The van der Waals surface area contributed by atoms with Crippen molar-refractivity contribution in [1.29, 1.82) is 0 Å². The van der Waals surface area contributed by atoms with Crippen LogP contribution in [0.5, 0.6) is 0 Å². The number of halogens is 3. The number of sulfonamides is 1. The van der Waals surface area contributed by atoms with Crippen LogP contribution < -0.4 is 4.72 Å². The lowest BCUT2D eigenvalue weighted by molar-refractivity contribution is 0.0578. The normalized spacial score (nSPS) is 16.1. The van der Waals surface area contributed by atoms with Crippen molar-refractivity contribution in [3.05, 3.63) is 65.0 Å². The van der Waals surface area contributed by atoms with Gasteiger partial charge >= 0.3 is 0 Å². The number of nitrogens with one attached hydrogen (secondary N) is 1. The molecule has 0 aliphatic carbocycles. The van der Waals surface area contributed by atoms with Crippen LogP contribution in [-0.2, 0) is 10.0 Å². The Morgan fingerprint density at radius 3 is 2.22 bits per heavy atom. The van der Waals surface area contributed by atoms with E-state index in [1.165, 1.54) is 6.07 Å². The second-order valence-corrected chi connectivity index (χ2v) is 9.61. The highest BCUT2D eigenvalue weighted by Gasteiger charge is 2.28. The number of hydrogen-bond donors (Lipinski definition) is 1. The molecule has 1 atom stereocenters. The van der Waals surface area contributed by atoms with Gasteiger partial charge in [-0.25, -0.2) is 21.6 Å². The monoisotopic (exact) mass is 469 g/mol. The van der Waals surface area contributed by atoms with Crippen LogP contribution in [0.3, 0.4) is 0 Å². The van der Waals surface area contributed by atoms with E-state index in [0.29, 0.717) is 43.9 Å². The van der Waals surface area contributed by atoms with E-state index >= 15 is 0 Å². The molecular formula is C22H26F3N3O3S. The van der Waals surface area contributed by atoms with Crippen molar-refractivity contribution < 1.29 is 26.4 Å². The van der Waals surface area contributed by atoms with Gasteiger partial charge in [0.15, 0.2) is 17.5 Å². The van der Waals surface area contributed by atoms with Gasteiger partial charge in [-0.1, -0.05) is 13.0 Å². The van der Waals surface area contributed by atoms with Gasteiger partial charge in [0.2, 0.25) is 10.0 Å². The molecule has 32 heavy (non-hydrogen) atoms. The van der Waals surface area contributed by atoms with E-state index in [0.717, 1.165) is 6.07 Å². The molecule has 1 heterocycles. The zero-order chi connectivity index (χ0) is 23.5. The first kappa shape index (κ1) is 24.1. The summed E-state index contributed by atoms with van der Waals surface area (Å²) in [4.78, 5) is 16.4. The summed E-state index contributed by atoms with van der Waals surface area (Å²) in [6.07, 6.45) is 0.499. The van der Waals surface area contributed by atoms with Crippen LogP contribution in [0.1, 0.15) is 42.2 Å². The number of nitrogens with zero attached hydrogens (tertiary/aromatic N) is 2. The fraction of sp³-hybridized carbons (Fsp3) is 0.409. The summed E-state index contributed by atoms with van der Waals surface area (Å²) < 4.78 is 67.1. The summed E-state index contributed by atoms with van der Waals surface area (Å²) in [6, 6.07) is 7.91. The highest BCUT2D eigenvalue weighted by Crippen LogP contribution is 2.27. The van der Waals surface area contributed by atoms with E-state index in [9.17, 15) is 26.4 Å². The molecule has 1 aliphatic rings. The van der Waals surface area contributed by atoms with Gasteiger partial charge in [-0.15, -0.1) is 0 Å². The molecule has 1 aliphatic heterocycles. The third kappa shape index (κ3) is 5.42. The molecule has 3 rings (SSSR count). The molecule has 1 unspecified atom stereocenters. The smallest absolute Gasteiger partial charge is 0.253 e. The van der Waals surface area contributed by atoms with Gasteiger partial charge in [-0.05, 0) is 43.7 Å². The fourth-order valence-electron chi connectivity index (χ4n) is 3.74. The second kappa shape index (κ2) is 9.91. The minimum absolute atomic E-state index is 0.0187. The average Bonchev–Trinajstić information content (AvgIpc) is 2.77. The van der Waals surface area contributed by atoms with Crippen molar-refractivity contribution in [3.8, 4) is 0 Å². The van der Waals surface area contributed by atoms with E-state index in [-0.39, 0.29) is 17.2 Å². The number of hydrogen-bond acceptors (Lipinski definition) is 4. The van der Waals surface area contributed by atoms with Gasteiger partial charge in [-0.2, -0.15) is 0 Å². The molecule has 174 valence electrons. The Balaban J connectivity index is 1.60. The summed E-state index contributed by atoms with van der Waals surface area (Å²) in [7, 11) is -3.41. The molecule has 10 heteroatoms. The lowest BCUT2D eigenvalue weighted by Gasteiger charge is -2.38. The molecule has 0 saturated carbocycles. The quantitative estimate of drug-likeness (QED) is 0.627. The summed E-state index contributed by atoms with van der Waals surface area (Å²) in [6.45, 7) is 5.15. The maximum Gasteiger partial charge on any atom is 0.253 e. The van der Waals surface area contributed by atoms with E-state index in [1.54, 1.807) is 43.0 Å². The molecule has 1 saturated heterocycles. The summed E-state index contributed by atoms with van der Waals surface area (Å²) in [5.74, 6) is -4.07. The third-order valence-corrected chi connectivity index (χ3v) is 7.03. The number of piperazine rings is 1. The molecule has 0 radical (unpaired) electrons. The third-order valence-electron chi connectivity index (χ3n) is 5.54. The number of anilines is 1. The molecule has 0 spiro atoms. The highest BCUT2D eigenvalue weighted by atomic mass is 32.2. The van der Waals surface area contributed by atoms with Gasteiger partial charge < -0.3 is 4.90 Å². The number of amides is 1. The first-order valence-electron chi connectivity index (χ1n) is 10.4. The standard InChI is InChI=1S/C22H26F3N3O3S/c1-3-14-32(30,31)26-17-6-4-16(5-7-17)22(29)28-12-10-27(11-13-28)15(2)18-8-9-19(23)21(25)20(18)24/h4-9,15,26H,3,10-14H2,1-2H3. The fourth-order valence-corrected chi connectivity index (χ4v) is 4.87. The number of rotatable bonds is 7. The predicted octanol–water partition coefficient (Wildman–Crippen LogP) is 3.77. The van der Waals surface area contributed by atoms with Gasteiger partial charge in [0.1, 0.15) is 0 Å². The molecule has 0 bridgehead atoms. The number of benzene rings is 2. The topological polar surface area (TPSA) is 69.7 Å². The van der Waals surface area contributed by atoms with Crippen LogP contribution in [0.15, 0.2) is 36.4 Å². The predicted molar refractivity (Wildman–Crippen MR) is 116 cm³/mol. The van der Waals surface area contributed by atoms with Crippen LogP contribution in [0, 0.1) is 17.5 Å². The Kier molecular flexibility index (Phi) is 7.45. The van der Waals surface area contributed by atoms with Crippen LogP contribution in [0.25, 0.3) is 0 Å². The summed E-state index contributed by atoms with van der Waals surface area (Å²) in [5.41, 5.74) is 0.892. The average molecular weight is 470 g/mol. The first-order valence-corrected chi connectivity index (χ1v) is 12.1. The lowest BCUT2D eigenvalue weighted by atomic mass is 10.0. The SMILES string of the molecule is CCCS(=O)(=O)Nc1ccc(C(=O)N2CCN(C(C)c3ccc(F)c(F)c3F)CC2)cc1. The minimum Gasteiger partial charge on any atom is -0.336 e. The highest BCUT2D eigenvalue weighted by molar-refractivity contribution is 7.92. The van der Waals surface area contributed by atoms with E-state index in [2.05, 4.69) is 4.72 Å². The van der Waals surface area contributed by atoms with Gasteiger partial charge in [0.05, 0.1) is 5.75 Å². The van der Waals surface area contributed by atoms with Crippen LogP contribution in [-0.4, -0.2) is 56.1 Å². The zero-order valence-electron chi connectivity index (χ0n) is 17.9. The van der Waals surface area contributed by atoms with Crippen molar-refractivity contribution in [2.24, 2.45) is 0 Å². The number of carbonyl (C=O) groups excluding carboxylic acids is 1. The Morgan fingerprint density at radius 1 is 1.00 bits per heavy atom. The molecule has 0 aromatic heterocycles. The van der Waals surface area contributed by atoms with Crippen LogP contribution >= 0.6 is 0 Å². The van der Waals surface area contributed by atoms with E-state index in [4.69, 9.17) is 0 Å². The summed E-state index contributed by atoms with van der Waals surface area (Å²) in [5, 5.41) is 0. The van der Waals surface area contributed by atoms with Gasteiger partial charge in [-0.3, -0.25) is 14.4 Å². The van der Waals surface area contributed by atoms with Crippen molar-refractivity contribution >= 4 is 21.6 Å². The first-order chi connectivity index (χ1) is 15.1. The molecule has 2 aromatic rings. The number of carbonyl (C=O) groups is 1. The molecule has 6 nitrogen and oxygen atoms in total. The molecule has 2 aromatic carbocycles.